The third kappa shape index (κ3) is 4.89. The quantitative estimate of drug-likeness (QED) is 0.784. The number of carbonyl (C=O) groups is 1. The van der Waals surface area contributed by atoms with E-state index in [1.807, 2.05) is 19.1 Å². The molecule has 144 valence electrons. The van der Waals surface area contributed by atoms with E-state index in [1.165, 1.54) is 18.6 Å². The summed E-state index contributed by atoms with van der Waals surface area (Å²) >= 11 is 0. The third-order valence-corrected chi connectivity index (χ3v) is 6.35. The van der Waals surface area contributed by atoms with Crippen LogP contribution < -0.4 is 10.0 Å². The maximum absolute atomic E-state index is 12.8. The van der Waals surface area contributed by atoms with Gasteiger partial charge in [-0.15, -0.1) is 0 Å². The summed E-state index contributed by atoms with van der Waals surface area (Å²) in [6.45, 7) is 1.98. The van der Waals surface area contributed by atoms with Crippen LogP contribution in [0.4, 0.5) is 5.69 Å². The van der Waals surface area contributed by atoms with Gasteiger partial charge in [0.1, 0.15) is 0 Å². The SMILES string of the molecule is CCc1ccccc1NS(=O)(=O)c1cccc(C(=O)NC2CCCCC2)c1. The first kappa shape index (κ1) is 19.4. The van der Waals surface area contributed by atoms with Gasteiger partial charge in [-0.05, 0) is 49.1 Å². The van der Waals surface area contributed by atoms with E-state index in [1.54, 1.807) is 24.3 Å². The molecule has 5 nitrogen and oxygen atoms in total. The first-order chi connectivity index (χ1) is 13.0. The second kappa shape index (κ2) is 8.57. The second-order valence-corrected chi connectivity index (χ2v) is 8.63. The maximum Gasteiger partial charge on any atom is 0.261 e. The summed E-state index contributed by atoms with van der Waals surface area (Å²) in [6, 6.07) is 13.7. The summed E-state index contributed by atoms with van der Waals surface area (Å²) in [7, 11) is -3.77. The van der Waals surface area contributed by atoms with Crippen LogP contribution in [0.2, 0.25) is 0 Å². The smallest absolute Gasteiger partial charge is 0.261 e. The Bertz CT molecular complexity index is 903. The Morgan fingerprint density at radius 3 is 2.52 bits per heavy atom. The molecule has 0 heterocycles. The van der Waals surface area contributed by atoms with Crippen LogP contribution in [0.15, 0.2) is 53.4 Å². The Kier molecular flexibility index (Phi) is 6.16. The highest BCUT2D eigenvalue weighted by molar-refractivity contribution is 7.92. The van der Waals surface area contributed by atoms with E-state index in [0.717, 1.165) is 37.7 Å². The van der Waals surface area contributed by atoms with Crippen molar-refractivity contribution >= 4 is 21.6 Å². The zero-order chi connectivity index (χ0) is 19.3. The van der Waals surface area contributed by atoms with Crippen LogP contribution in [0.25, 0.3) is 0 Å². The molecule has 1 saturated carbocycles. The van der Waals surface area contributed by atoms with Gasteiger partial charge in [-0.3, -0.25) is 9.52 Å². The standard InChI is InChI=1S/C21H26N2O3S/c1-2-16-9-6-7-14-20(16)23-27(25,26)19-13-8-10-17(15-19)21(24)22-18-11-4-3-5-12-18/h6-10,13-15,18,23H,2-5,11-12H2,1H3,(H,22,24). The van der Waals surface area contributed by atoms with Crippen molar-refractivity contribution in [3.63, 3.8) is 0 Å². The zero-order valence-corrected chi connectivity index (χ0v) is 16.4. The van der Waals surface area contributed by atoms with Crippen molar-refractivity contribution in [2.45, 2.75) is 56.4 Å². The highest BCUT2D eigenvalue weighted by Gasteiger charge is 2.20. The number of benzene rings is 2. The Hall–Kier alpha value is -2.34. The fraction of sp³-hybridized carbons (Fsp3) is 0.381. The second-order valence-electron chi connectivity index (χ2n) is 6.95. The van der Waals surface area contributed by atoms with Crippen LogP contribution in [-0.2, 0) is 16.4 Å². The Morgan fingerprint density at radius 2 is 1.78 bits per heavy atom. The summed E-state index contributed by atoms with van der Waals surface area (Å²) in [5, 5.41) is 3.03. The van der Waals surface area contributed by atoms with Gasteiger partial charge >= 0.3 is 0 Å². The lowest BCUT2D eigenvalue weighted by Gasteiger charge is -2.22. The summed E-state index contributed by atoms with van der Waals surface area (Å²) in [4.78, 5) is 12.6. The number of sulfonamides is 1. The Balaban J connectivity index is 1.78. The number of amides is 1. The van der Waals surface area contributed by atoms with Crippen molar-refractivity contribution in [1.82, 2.24) is 5.32 Å². The molecular formula is C21H26N2O3S. The molecule has 0 aromatic heterocycles. The molecule has 6 heteroatoms. The molecule has 1 amide bonds. The van der Waals surface area contributed by atoms with Crippen molar-refractivity contribution in [1.29, 1.82) is 0 Å². The number of hydrogen-bond donors (Lipinski definition) is 2. The zero-order valence-electron chi connectivity index (χ0n) is 15.6. The molecule has 1 aliphatic carbocycles. The molecule has 0 unspecified atom stereocenters. The molecule has 0 bridgehead atoms. The van der Waals surface area contributed by atoms with E-state index in [4.69, 9.17) is 0 Å². The summed E-state index contributed by atoms with van der Waals surface area (Å²) in [5.41, 5.74) is 1.86. The van der Waals surface area contributed by atoms with Crippen LogP contribution in [0, 0.1) is 0 Å². The fourth-order valence-corrected chi connectivity index (χ4v) is 4.60. The summed E-state index contributed by atoms with van der Waals surface area (Å²) in [6.07, 6.45) is 6.16. The van der Waals surface area contributed by atoms with Gasteiger partial charge in [-0.25, -0.2) is 8.42 Å². The maximum atomic E-state index is 12.8. The minimum Gasteiger partial charge on any atom is -0.349 e. The van der Waals surface area contributed by atoms with Gasteiger partial charge in [0.15, 0.2) is 0 Å². The normalized spacial score (nSPS) is 15.3. The predicted octanol–water partition coefficient (Wildman–Crippen LogP) is 4.11. The first-order valence-electron chi connectivity index (χ1n) is 9.51. The summed E-state index contributed by atoms with van der Waals surface area (Å²) < 4.78 is 28.2. The van der Waals surface area contributed by atoms with Gasteiger partial charge in [0, 0.05) is 11.6 Å². The average Bonchev–Trinajstić information content (AvgIpc) is 2.69. The number of aryl methyl sites for hydroxylation is 1. The number of anilines is 1. The molecule has 0 saturated heterocycles. The van der Waals surface area contributed by atoms with Crippen molar-refractivity contribution in [2.24, 2.45) is 0 Å². The van der Waals surface area contributed by atoms with E-state index in [9.17, 15) is 13.2 Å². The van der Waals surface area contributed by atoms with Gasteiger partial charge in [-0.1, -0.05) is 50.5 Å². The number of hydrogen-bond acceptors (Lipinski definition) is 3. The predicted molar refractivity (Wildman–Crippen MR) is 107 cm³/mol. The van der Waals surface area contributed by atoms with Crippen LogP contribution in [-0.4, -0.2) is 20.4 Å². The molecule has 1 aliphatic rings. The minimum atomic E-state index is -3.77. The lowest BCUT2D eigenvalue weighted by Crippen LogP contribution is -2.36. The van der Waals surface area contributed by atoms with Gasteiger partial charge < -0.3 is 5.32 Å². The van der Waals surface area contributed by atoms with Gasteiger partial charge in [0.05, 0.1) is 10.6 Å². The molecule has 27 heavy (non-hydrogen) atoms. The van der Waals surface area contributed by atoms with E-state index in [-0.39, 0.29) is 16.8 Å². The van der Waals surface area contributed by atoms with Gasteiger partial charge in [0.2, 0.25) is 0 Å². The van der Waals surface area contributed by atoms with Crippen LogP contribution in [0.5, 0.6) is 0 Å². The largest absolute Gasteiger partial charge is 0.349 e. The van der Waals surface area contributed by atoms with Crippen molar-refractivity contribution in [3.8, 4) is 0 Å². The monoisotopic (exact) mass is 386 g/mol. The van der Waals surface area contributed by atoms with Crippen molar-refractivity contribution in [3.05, 3.63) is 59.7 Å². The van der Waals surface area contributed by atoms with Crippen LogP contribution in [0.1, 0.15) is 54.9 Å². The van der Waals surface area contributed by atoms with Crippen molar-refractivity contribution < 1.29 is 13.2 Å². The lowest BCUT2D eigenvalue weighted by atomic mass is 9.95. The molecule has 2 aromatic rings. The molecule has 3 rings (SSSR count). The van der Waals surface area contributed by atoms with E-state index < -0.39 is 10.0 Å². The molecule has 1 fully saturated rings. The summed E-state index contributed by atoms with van der Waals surface area (Å²) in [5.74, 6) is -0.215. The number of nitrogens with one attached hydrogen (secondary N) is 2. The number of carbonyl (C=O) groups excluding carboxylic acids is 1. The topological polar surface area (TPSA) is 75.3 Å². The van der Waals surface area contributed by atoms with Crippen molar-refractivity contribution in [2.75, 3.05) is 4.72 Å². The van der Waals surface area contributed by atoms with Gasteiger partial charge in [0.25, 0.3) is 15.9 Å². The van der Waals surface area contributed by atoms with E-state index in [2.05, 4.69) is 10.0 Å². The van der Waals surface area contributed by atoms with E-state index in [0.29, 0.717) is 11.3 Å². The highest BCUT2D eigenvalue weighted by atomic mass is 32.2. The molecule has 2 N–H and O–H groups in total. The Morgan fingerprint density at radius 1 is 1.04 bits per heavy atom. The molecular weight excluding hydrogens is 360 g/mol. The number of rotatable bonds is 6. The minimum absolute atomic E-state index is 0.0877. The van der Waals surface area contributed by atoms with Gasteiger partial charge in [-0.2, -0.15) is 0 Å². The lowest BCUT2D eigenvalue weighted by molar-refractivity contribution is 0.0927. The van der Waals surface area contributed by atoms with E-state index >= 15 is 0 Å². The first-order valence-corrected chi connectivity index (χ1v) is 11.0. The fourth-order valence-electron chi connectivity index (χ4n) is 3.45. The van der Waals surface area contributed by atoms with Crippen LogP contribution >= 0.6 is 0 Å². The average molecular weight is 387 g/mol. The third-order valence-electron chi connectivity index (χ3n) is 4.99. The molecule has 0 spiro atoms. The Labute approximate surface area is 161 Å². The molecule has 0 aliphatic heterocycles. The number of para-hydroxylation sites is 1. The highest BCUT2D eigenvalue weighted by Crippen LogP contribution is 2.22. The van der Waals surface area contributed by atoms with Crippen LogP contribution in [0.3, 0.4) is 0 Å². The molecule has 0 radical (unpaired) electrons. The molecule has 0 atom stereocenters. The molecule has 2 aromatic carbocycles.